The first-order valence-corrected chi connectivity index (χ1v) is 6.52. The Morgan fingerprint density at radius 3 is 2.82 bits per heavy atom. The molecular formula is C12H19NO3S. The first-order chi connectivity index (χ1) is 8.00. The SMILES string of the molecule is CC(C)OC(=O)N(C)CCC(O)c1cccs1. The second-order valence-electron chi connectivity index (χ2n) is 4.17. The number of amides is 1. The van der Waals surface area contributed by atoms with E-state index in [9.17, 15) is 9.90 Å². The van der Waals surface area contributed by atoms with E-state index < -0.39 is 6.10 Å². The summed E-state index contributed by atoms with van der Waals surface area (Å²) in [4.78, 5) is 13.9. The maximum atomic E-state index is 11.5. The van der Waals surface area contributed by atoms with Crippen molar-refractivity contribution in [3.05, 3.63) is 22.4 Å². The van der Waals surface area contributed by atoms with Crippen LogP contribution in [0.4, 0.5) is 4.79 Å². The molecule has 1 heterocycles. The van der Waals surface area contributed by atoms with Crippen LogP contribution in [0.3, 0.4) is 0 Å². The summed E-state index contributed by atoms with van der Waals surface area (Å²) in [5.74, 6) is 0. The molecule has 1 amide bonds. The lowest BCUT2D eigenvalue weighted by molar-refractivity contribution is 0.0779. The molecule has 0 bridgehead atoms. The van der Waals surface area contributed by atoms with Gasteiger partial charge in [-0.2, -0.15) is 0 Å². The molecule has 0 saturated heterocycles. The third kappa shape index (κ3) is 4.75. The molecule has 0 spiro atoms. The molecule has 4 nitrogen and oxygen atoms in total. The summed E-state index contributed by atoms with van der Waals surface area (Å²) in [5.41, 5.74) is 0. The van der Waals surface area contributed by atoms with Crippen LogP contribution >= 0.6 is 11.3 Å². The van der Waals surface area contributed by atoms with E-state index in [1.54, 1.807) is 7.05 Å². The topological polar surface area (TPSA) is 49.8 Å². The van der Waals surface area contributed by atoms with Gasteiger partial charge in [0.05, 0.1) is 12.2 Å². The van der Waals surface area contributed by atoms with E-state index in [-0.39, 0.29) is 12.2 Å². The smallest absolute Gasteiger partial charge is 0.409 e. The third-order valence-electron chi connectivity index (χ3n) is 2.26. The molecule has 1 atom stereocenters. The van der Waals surface area contributed by atoms with Crippen molar-refractivity contribution in [3.63, 3.8) is 0 Å². The Bertz CT molecular complexity index is 338. The third-order valence-corrected chi connectivity index (χ3v) is 3.23. The van der Waals surface area contributed by atoms with Gasteiger partial charge in [0.1, 0.15) is 0 Å². The summed E-state index contributed by atoms with van der Waals surface area (Å²) in [7, 11) is 1.67. The second kappa shape index (κ2) is 6.61. The van der Waals surface area contributed by atoms with Gasteiger partial charge in [0.15, 0.2) is 0 Å². The lowest BCUT2D eigenvalue weighted by Gasteiger charge is -2.19. The van der Waals surface area contributed by atoms with Gasteiger partial charge >= 0.3 is 6.09 Å². The van der Waals surface area contributed by atoms with Crippen molar-refractivity contribution in [2.45, 2.75) is 32.5 Å². The van der Waals surface area contributed by atoms with Crippen LogP contribution < -0.4 is 0 Å². The minimum absolute atomic E-state index is 0.118. The molecule has 5 heteroatoms. The largest absolute Gasteiger partial charge is 0.447 e. The van der Waals surface area contributed by atoms with Gasteiger partial charge in [0.2, 0.25) is 0 Å². The zero-order valence-electron chi connectivity index (χ0n) is 10.4. The fourth-order valence-corrected chi connectivity index (χ4v) is 2.07. The van der Waals surface area contributed by atoms with Gasteiger partial charge < -0.3 is 14.7 Å². The van der Waals surface area contributed by atoms with E-state index in [4.69, 9.17) is 4.74 Å². The number of carbonyl (C=O) groups is 1. The van der Waals surface area contributed by atoms with Crippen LogP contribution in [-0.4, -0.2) is 35.8 Å². The highest BCUT2D eigenvalue weighted by molar-refractivity contribution is 7.10. The molecule has 0 aromatic carbocycles. The van der Waals surface area contributed by atoms with E-state index in [1.165, 1.54) is 16.2 Å². The number of thiophene rings is 1. The maximum absolute atomic E-state index is 11.5. The molecule has 96 valence electrons. The van der Waals surface area contributed by atoms with E-state index in [0.717, 1.165) is 4.88 Å². The van der Waals surface area contributed by atoms with Crippen molar-refractivity contribution < 1.29 is 14.6 Å². The number of aliphatic hydroxyl groups excluding tert-OH is 1. The van der Waals surface area contributed by atoms with Gasteiger partial charge in [0, 0.05) is 18.5 Å². The van der Waals surface area contributed by atoms with Crippen molar-refractivity contribution in [2.24, 2.45) is 0 Å². The molecule has 1 N–H and O–H groups in total. The molecule has 0 radical (unpaired) electrons. The van der Waals surface area contributed by atoms with Crippen LogP contribution in [-0.2, 0) is 4.74 Å². The number of rotatable bonds is 5. The van der Waals surface area contributed by atoms with Crippen LogP contribution in [0, 0.1) is 0 Å². The number of hydrogen-bond donors (Lipinski definition) is 1. The molecule has 1 aromatic heterocycles. The van der Waals surface area contributed by atoms with Crippen molar-refractivity contribution in [2.75, 3.05) is 13.6 Å². The van der Waals surface area contributed by atoms with Crippen molar-refractivity contribution in [1.29, 1.82) is 0 Å². The van der Waals surface area contributed by atoms with Gasteiger partial charge in [-0.25, -0.2) is 4.79 Å². The summed E-state index contributed by atoms with van der Waals surface area (Å²) >= 11 is 1.52. The van der Waals surface area contributed by atoms with E-state index in [2.05, 4.69) is 0 Å². The summed E-state index contributed by atoms with van der Waals surface area (Å²) in [5, 5.41) is 11.8. The molecule has 0 aliphatic heterocycles. The minimum Gasteiger partial charge on any atom is -0.447 e. The maximum Gasteiger partial charge on any atom is 0.409 e. The number of aliphatic hydroxyl groups is 1. The van der Waals surface area contributed by atoms with E-state index in [0.29, 0.717) is 13.0 Å². The van der Waals surface area contributed by atoms with Crippen LogP contribution in [0.2, 0.25) is 0 Å². The number of carbonyl (C=O) groups excluding carboxylic acids is 1. The monoisotopic (exact) mass is 257 g/mol. The second-order valence-corrected chi connectivity index (χ2v) is 5.15. The molecule has 0 saturated carbocycles. The van der Waals surface area contributed by atoms with Gasteiger partial charge in [-0.15, -0.1) is 11.3 Å². The standard InChI is InChI=1S/C12H19NO3S/c1-9(2)16-12(15)13(3)7-6-10(14)11-5-4-8-17-11/h4-5,8-10,14H,6-7H2,1-3H3. The fraction of sp³-hybridized carbons (Fsp3) is 0.583. The summed E-state index contributed by atoms with van der Waals surface area (Å²) in [6.07, 6.45) is -0.459. The van der Waals surface area contributed by atoms with Gasteiger partial charge in [0.25, 0.3) is 0 Å². The Balaban J connectivity index is 2.33. The van der Waals surface area contributed by atoms with E-state index in [1.807, 2.05) is 31.4 Å². The zero-order chi connectivity index (χ0) is 12.8. The molecule has 1 aromatic rings. The molecule has 0 aliphatic carbocycles. The first kappa shape index (κ1) is 14.0. The average Bonchev–Trinajstić information content (AvgIpc) is 2.77. The molecule has 17 heavy (non-hydrogen) atoms. The lowest BCUT2D eigenvalue weighted by Crippen LogP contribution is -2.31. The van der Waals surface area contributed by atoms with Crippen molar-refractivity contribution in [1.82, 2.24) is 4.90 Å². The van der Waals surface area contributed by atoms with E-state index >= 15 is 0 Å². The fourth-order valence-electron chi connectivity index (χ4n) is 1.32. The summed E-state index contributed by atoms with van der Waals surface area (Å²) in [6, 6.07) is 3.79. The molecule has 1 rings (SSSR count). The van der Waals surface area contributed by atoms with Crippen LogP contribution in [0.1, 0.15) is 31.2 Å². The Kier molecular flexibility index (Phi) is 5.44. The van der Waals surface area contributed by atoms with Crippen molar-refractivity contribution in [3.8, 4) is 0 Å². The molecular weight excluding hydrogens is 238 g/mol. The quantitative estimate of drug-likeness (QED) is 0.882. The predicted molar refractivity (Wildman–Crippen MR) is 68.1 cm³/mol. The zero-order valence-corrected chi connectivity index (χ0v) is 11.2. The molecule has 0 aliphatic rings. The van der Waals surface area contributed by atoms with Crippen LogP contribution in [0.5, 0.6) is 0 Å². The van der Waals surface area contributed by atoms with Gasteiger partial charge in [-0.3, -0.25) is 0 Å². The van der Waals surface area contributed by atoms with Crippen molar-refractivity contribution >= 4 is 17.4 Å². The Morgan fingerprint density at radius 2 is 2.29 bits per heavy atom. The van der Waals surface area contributed by atoms with Crippen LogP contribution in [0.15, 0.2) is 17.5 Å². The Morgan fingerprint density at radius 1 is 1.59 bits per heavy atom. The Labute approximate surface area is 106 Å². The van der Waals surface area contributed by atoms with Crippen LogP contribution in [0.25, 0.3) is 0 Å². The normalized spacial score (nSPS) is 12.5. The Hall–Kier alpha value is -1.07. The number of nitrogens with zero attached hydrogens (tertiary/aromatic N) is 1. The predicted octanol–water partition coefficient (Wildman–Crippen LogP) is 2.65. The average molecular weight is 257 g/mol. The van der Waals surface area contributed by atoms with Gasteiger partial charge in [-0.05, 0) is 31.7 Å². The number of hydrogen-bond acceptors (Lipinski definition) is 4. The summed E-state index contributed by atoms with van der Waals surface area (Å²) < 4.78 is 5.04. The first-order valence-electron chi connectivity index (χ1n) is 5.64. The lowest BCUT2D eigenvalue weighted by atomic mass is 10.2. The minimum atomic E-state index is -0.510. The molecule has 1 unspecified atom stereocenters. The summed E-state index contributed by atoms with van der Waals surface area (Å²) in [6.45, 7) is 4.10. The highest BCUT2D eigenvalue weighted by Crippen LogP contribution is 2.21. The number of ether oxygens (including phenoxy) is 1. The van der Waals surface area contributed by atoms with Gasteiger partial charge in [-0.1, -0.05) is 6.07 Å². The molecule has 0 fully saturated rings. The highest BCUT2D eigenvalue weighted by Gasteiger charge is 2.14. The highest BCUT2D eigenvalue weighted by atomic mass is 32.1.